The van der Waals surface area contributed by atoms with E-state index in [0.29, 0.717) is 0 Å². The van der Waals surface area contributed by atoms with Crippen molar-refractivity contribution in [3.63, 3.8) is 0 Å². The Bertz CT molecular complexity index is 2850. The molecular formula is C49H36N2O2. The molecule has 2 aromatic heterocycles. The second kappa shape index (κ2) is 13.3. The monoisotopic (exact) mass is 684 g/mol. The number of para-hydroxylation sites is 4. The number of aliphatic hydroxyl groups excluding tert-OH is 1. The highest BCUT2D eigenvalue weighted by molar-refractivity contribution is 6.19. The largest absolute Gasteiger partial charge is 0.508 e. The van der Waals surface area contributed by atoms with Gasteiger partial charge in [-0.05, 0) is 76.9 Å². The summed E-state index contributed by atoms with van der Waals surface area (Å²) in [6.45, 7) is 0. The maximum atomic E-state index is 10.6. The van der Waals surface area contributed by atoms with Gasteiger partial charge in [-0.1, -0.05) is 133 Å². The molecule has 4 nitrogen and oxygen atoms in total. The predicted octanol–water partition coefficient (Wildman–Crippen LogP) is 12.2. The Morgan fingerprint density at radius 1 is 0.340 bits per heavy atom. The van der Waals surface area contributed by atoms with Crippen LogP contribution in [0.4, 0.5) is 0 Å². The van der Waals surface area contributed by atoms with Crippen LogP contribution in [-0.2, 0) is 0 Å². The summed E-state index contributed by atoms with van der Waals surface area (Å²) in [6.07, 6.45) is 0. The van der Waals surface area contributed by atoms with Gasteiger partial charge in [0.05, 0.1) is 22.1 Å². The summed E-state index contributed by atoms with van der Waals surface area (Å²) in [7, 11) is 1.00. The molecule has 10 aromatic rings. The van der Waals surface area contributed by atoms with Gasteiger partial charge in [0.25, 0.3) is 0 Å². The highest BCUT2D eigenvalue weighted by atomic mass is 16.3. The van der Waals surface area contributed by atoms with E-state index in [2.05, 4.69) is 179 Å². The Hall–Kier alpha value is -6.88. The van der Waals surface area contributed by atoms with E-state index < -0.39 is 0 Å². The van der Waals surface area contributed by atoms with E-state index in [-0.39, 0.29) is 5.75 Å². The van der Waals surface area contributed by atoms with E-state index in [4.69, 9.17) is 5.11 Å². The Labute approximate surface area is 307 Å². The van der Waals surface area contributed by atoms with Crippen molar-refractivity contribution in [2.24, 2.45) is 0 Å². The van der Waals surface area contributed by atoms with Gasteiger partial charge in [-0.15, -0.1) is 0 Å². The number of benzene rings is 8. The number of aromatic hydroxyl groups is 1. The topological polar surface area (TPSA) is 50.3 Å². The predicted molar refractivity (Wildman–Crippen MR) is 221 cm³/mol. The van der Waals surface area contributed by atoms with Gasteiger partial charge in [0, 0.05) is 51.2 Å². The molecule has 0 atom stereocenters. The molecule has 0 spiro atoms. The number of hydrogen-bond acceptors (Lipinski definition) is 2. The van der Waals surface area contributed by atoms with Crippen molar-refractivity contribution in [1.29, 1.82) is 0 Å². The molecule has 0 radical (unpaired) electrons. The van der Waals surface area contributed by atoms with Crippen molar-refractivity contribution in [3.8, 4) is 50.5 Å². The van der Waals surface area contributed by atoms with E-state index >= 15 is 0 Å². The van der Waals surface area contributed by atoms with Crippen LogP contribution >= 0.6 is 0 Å². The van der Waals surface area contributed by atoms with Crippen molar-refractivity contribution < 1.29 is 10.2 Å². The Kier molecular flexibility index (Phi) is 8.07. The van der Waals surface area contributed by atoms with Crippen LogP contribution in [0.1, 0.15) is 0 Å². The zero-order valence-corrected chi connectivity index (χ0v) is 29.2. The van der Waals surface area contributed by atoms with Gasteiger partial charge in [-0.2, -0.15) is 0 Å². The first-order valence-electron chi connectivity index (χ1n) is 17.8. The van der Waals surface area contributed by atoms with Gasteiger partial charge in [0.2, 0.25) is 0 Å². The van der Waals surface area contributed by atoms with Crippen molar-refractivity contribution >= 4 is 43.6 Å². The van der Waals surface area contributed by atoms with Crippen molar-refractivity contribution in [2.75, 3.05) is 7.11 Å². The summed E-state index contributed by atoms with van der Waals surface area (Å²) in [5, 5.41) is 22.2. The maximum Gasteiger partial charge on any atom is 0.116 e. The molecule has 0 aliphatic heterocycles. The molecule has 53 heavy (non-hydrogen) atoms. The highest BCUT2D eigenvalue weighted by Crippen LogP contribution is 2.44. The molecule has 254 valence electrons. The average molecular weight is 685 g/mol. The number of fused-ring (bicyclic) bond motifs is 6. The molecule has 2 N–H and O–H groups in total. The quantitative estimate of drug-likeness (QED) is 0.190. The number of aliphatic hydroxyl groups is 1. The third-order valence-corrected chi connectivity index (χ3v) is 10.2. The number of phenolic OH excluding ortho intramolecular Hbond substituents is 1. The van der Waals surface area contributed by atoms with Crippen LogP contribution in [0.25, 0.3) is 88.4 Å². The summed E-state index contributed by atoms with van der Waals surface area (Å²) in [4.78, 5) is 0. The molecule has 0 aliphatic rings. The minimum absolute atomic E-state index is 0.259. The molecule has 0 saturated carbocycles. The lowest BCUT2D eigenvalue weighted by atomic mass is 9.97. The van der Waals surface area contributed by atoms with Crippen molar-refractivity contribution in [3.05, 3.63) is 188 Å². The normalized spacial score (nSPS) is 11.3. The van der Waals surface area contributed by atoms with Crippen LogP contribution in [0, 0.1) is 0 Å². The molecule has 0 amide bonds. The summed E-state index contributed by atoms with van der Waals surface area (Å²) in [5.41, 5.74) is 13.6. The van der Waals surface area contributed by atoms with Crippen LogP contribution in [-0.4, -0.2) is 26.5 Å². The number of hydrogen-bond donors (Lipinski definition) is 2. The number of nitrogens with zero attached hydrogens (tertiary/aromatic N) is 2. The van der Waals surface area contributed by atoms with Crippen LogP contribution in [0.2, 0.25) is 0 Å². The second-order valence-electron chi connectivity index (χ2n) is 13.1. The van der Waals surface area contributed by atoms with Crippen molar-refractivity contribution in [1.82, 2.24) is 9.13 Å². The number of rotatable bonds is 5. The van der Waals surface area contributed by atoms with Gasteiger partial charge in [0.15, 0.2) is 0 Å². The van der Waals surface area contributed by atoms with E-state index in [1.54, 1.807) is 6.07 Å². The Morgan fingerprint density at radius 2 is 0.811 bits per heavy atom. The van der Waals surface area contributed by atoms with Crippen molar-refractivity contribution in [2.45, 2.75) is 0 Å². The first-order valence-corrected chi connectivity index (χ1v) is 17.8. The van der Waals surface area contributed by atoms with Crippen LogP contribution < -0.4 is 0 Å². The first kappa shape index (κ1) is 32.1. The standard InChI is InChI=1S/C48H32N2O.CH4O/c51-38-26-27-46-44(31-38)43-24-13-23-42(48(43)49(46)36-18-8-3-9-19-36)41-22-12-21-40-39-20-10-11-25-45(39)50(47(40)41)37-29-34(32-14-4-1-5-15-32)28-35(30-37)33-16-6-2-7-17-33;1-2/h1-31,51H;2H,1H3. The lowest BCUT2D eigenvalue weighted by Crippen LogP contribution is -1.99. The van der Waals surface area contributed by atoms with Gasteiger partial charge in [-0.25, -0.2) is 0 Å². The molecule has 4 heteroatoms. The van der Waals surface area contributed by atoms with Crippen LogP contribution in [0.3, 0.4) is 0 Å². The maximum absolute atomic E-state index is 10.6. The minimum atomic E-state index is 0.259. The lowest BCUT2D eigenvalue weighted by molar-refractivity contribution is 0.399. The fourth-order valence-corrected chi connectivity index (χ4v) is 7.96. The van der Waals surface area contributed by atoms with E-state index in [0.717, 1.165) is 62.5 Å². The van der Waals surface area contributed by atoms with Gasteiger partial charge >= 0.3 is 0 Å². The SMILES string of the molecule is CO.Oc1ccc2c(c1)c1cccc(-c3cccc4c5ccccc5n(-c5cc(-c6ccccc6)cc(-c6ccccc6)c5)c34)c1n2-c1ccccc1. The molecule has 2 heterocycles. The van der Waals surface area contributed by atoms with E-state index in [9.17, 15) is 5.11 Å². The summed E-state index contributed by atoms with van der Waals surface area (Å²) in [5.74, 6) is 0.259. The minimum Gasteiger partial charge on any atom is -0.508 e. The van der Waals surface area contributed by atoms with E-state index in [1.165, 1.54) is 33.0 Å². The first-order chi connectivity index (χ1) is 26.2. The highest BCUT2D eigenvalue weighted by Gasteiger charge is 2.22. The van der Waals surface area contributed by atoms with Crippen LogP contribution in [0.5, 0.6) is 5.75 Å². The smallest absolute Gasteiger partial charge is 0.116 e. The fraction of sp³-hybridized carbons (Fsp3) is 0.0204. The zero-order valence-electron chi connectivity index (χ0n) is 29.2. The number of aromatic nitrogens is 2. The third-order valence-electron chi connectivity index (χ3n) is 10.2. The third kappa shape index (κ3) is 5.36. The van der Waals surface area contributed by atoms with Gasteiger partial charge in [-0.3, -0.25) is 0 Å². The molecule has 0 unspecified atom stereocenters. The second-order valence-corrected chi connectivity index (χ2v) is 13.1. The van der Waals surface area contributed by atoms with E-state index in [1.807, 2.05) is 12.1 Å². The summed E-state index contributed by atoms with van der Waals surface area (Å²) in [6, 6.07) is 66.5. The molecule has 8 aromatic carbocycles. The van der Waals surface area contributed by atoms with Gasteiger partial charge in [0.1, 0.15) is 5.75 Å². The number of phenols is 1. The molecule has 0 fully saturated rings. The average Bonchev–Trinajstić information content (AvgIpc) is 3.75. The summed E-state index contributed by atoms with van der Waals surface area (Å²) >= 11 is 0. The Morgan fingerprint density at radius 3 is 1.42 bits per heavy atom. The Balaban J connectivity index is 0.00000183. The zero-order chi connectivity index (χ0) is 35.9. The van der Waals surface area contributed by atoms with Gasteiger partial charge < -0.3 is 19.3 Å². The fourth-order valence-electron chi connectivity index (χ4n) is 7.96. The summed E-state index contributed by atoms with van der Waals surface area (Å²) < 4.78 is 4.80. The lowest BCUT2D eigenvalue weighted by Gasteiger charge is -2.17. The molecule has 0 aliphatic carbocycles. The van der Waals surface area contributed by atoms with Crippen LogP contribution in [0.15, 0.2) is 188 Å². The molecule has 10 rings (SSSR count). The molecule has 0 bridgehead atoms. The molecule has 0 saturated heterocycles. The molecular weight excluding hydrogens is 649 g/mol.